The molecule has 16 heavy (non-hydrogen) atoms. The molecule has 1 saturated carbocycles. The molecule has 1 atom stereocenters. The predicted molar refractivity (Wildman–Crippen MR) is 69.7 cm³/mol. The van der Waals surface area contributed by atoms with Crippen LogP contribution >= 0.6 is 0 Å². The molecule has 0 saturated heterocycles. The van der Waals surface area contributed by atoms with Crippen LogP contribution in [0.2, 0.25) is 0 Å². The average Bonchev–Trinajstić information content (AvgIpc) is 2.38. The molecule has 0 amide bonds. The summed E-state index contributed by atoms with van der Waals surface area (Å²) in [6, 6.07) is 11.6. The standard InChI is InChI=1S/C15H23N/c1-13(14-8-4-2-5-9-14)12-16-15-10-6-3-7-11-15/h2,4-5,8-9,13,15-16H,3,6-7,10-12H2,1H3. The van der Waals surface area contributed by atoms with Gasteiger partial charge < -0.3 is 5.32 Å². The Balaban J connectivity index is 1.77. The minimum Gasteiger partial charge on any atom is -0.313 e. The van der Waals surface area contributed by atoms with E-state index in [0.29, 0.717) is 5.92 Å². The van der Waals surface area contributed by atoms with E-state index in [0.717, 1.165) is 12.6 Å². The van der Waals surface area contributed by atoms with Crippen molar-refractivity contribution in [3.63, 3.8) is 0 Å². The zero-order valence-corrected chi connectivity index (χ0v) is 10.3. The summed E-state index contributed by atoms with van der Waals surface area (Å²) in [7, 11) is 0. The summed E-state index contributed by atoms with van der Waals surface area (Å²) in [5.74, 6) is 0.628. The Kier molecular flexibility index (Phi) is 4.41. The van der Waals surface area contributed by atoms with Gasteiger partial charge in [0.05, 0.1) is 0 Å². The highest BCUT2D eigenvalue weighted by atomic mass is 14.9. The van der Waals surface area contributed by atoms with Crippen molar-refractivity contribution in [3.8, 4) is 0 Å². The van der Waals surface area contributed by atoms with Crippen LogP contribution in [0.4, 0.5) is 0 Å². The van der Waals surface area contributed by atoms with Crippen molar-refractivity contribution in [3.05, 3.63) is 35.9 Å². The van der Waals surface area contributed by atoms with Crippen molar-refractivity contribution in [1.29, 1.82) is 0 Å². The first kappa shape index (κ1) is 11.7. The van der Waals surface area contributed by atoms with E-state index in [1.54, 1.807) is 0 Å². The Labute approximate surface area is 99.3 Å². The SMILES string of the molecule is CC(CNC1CCCCC1)c1ccccc1. The van der Waals surface area contributed by atoms with Crippen molar-refractivity contribution in [2.75, 3.05) is 6.54 Å². The summed E-state index contributed by atoms with van der Waals surface area (Å²) in [4.78, 5) is 0. The molecule has 88 valence electrons. The lowest BCUT2D eigenvalue weighted by atomic mass is 9.94. The monoisotopic (exact) mass is 217 g/mol. The summed E-state index contributed by atoms with van der Waals surface area (Å²) >= 11 is 0. The second-order valence-electron chi connectivity index (χ2n) is 5.05. The number of nitrogens with one attached hydrogen (secondary N) is 1. The second-order valence-corrected chi connectivity index (χ2v) is 5.05. The average molecular weight is 217 g/mol. The molecule has 1 fully saturated rings. The smallest absolute Gasteiger partial charge is 0.00673 e. The van der Waals surface area contributed by atoms with E-state index in [1.165, 1.54) is 37.7 Å². The van der Waals surface area contributed by atoms with E-state index in [-0.39, 0.29) is 0 Å². The van der Waals surface area contributed by atoms with Crippen LogP contribution in [0, 0.1) is 0 Å². The second kappa shape index (κ2) is 6.05. The normalized spacial score (nSPS) is 19.6. The molecule has 1 N–H and O–H groups in total. The third-order valence-electron chi connectivity index (χ3n) is 3.69. The Morgan fingerprint density at radius 3 is 2.50 bits per heavy atom. The number of hydrogen-bond acceptors (Lipinski definition) is 1. The van der Waals surface area contributed by atoms with Crippen LogP contribution in [0.15, 0.2) is 30.3 Å². The number of hydrogen-bond donors (Lipinski definition) is 1. The summed E-state index contributed by atoms with van der Waals surface area (Å²) in [6.45, 7) is 3.43. The molecule has 0 heterocycles. The summed E-state index contributed by atoms with van der Waals surface area (Å²) in [5, 5.41) is 3.72. The van der Waals surface area contributed by atoms with Crippen LogP contribution in [0.5, 0.6) is 0 Å². The minimum absolute atomic E-state index is 0.628. The van der Waals surface area contributed by atoms with Gasteiger partial charge >= 0.3 is 0 Å². The molecule has 0 aliphatic heterocycles. The first-order valence-corrected chi connectivity index (χ1v) is 6.64. The largest absolute Gasteiger partial charge is 0.313 e. The van der Waals surface area contributed by atoms with E-state index in [2.05, 4.69) is 42.6 Å². The molecule has 0 aromatic heterocycles. The molecule has 0 radical (unpaired) electrons. The lowest BCUT2D eigenvalue weighted by molar-refractivity contribution is 0.367. The van der Waals surface area contributed by atoms with Gasteiger partial charge in [-0.05, 0) is 24.3 Å². The van der Waals surface area contributed by atoms with Gasteiger partial charge in [0, 0.05) is 12.6 Å². The van der Waals surface area contributed by atoms with Gasteiger partial charge in [-0.2, -0.15) is 0 Å². The van der Waals surface area contributed by atoms with Crippen molar-refractivity contribution in [2.24, 2.45) is 0 Å². The summed E-state index contributed by atoms with van der Waals surface area (Å²) < 4.78 is 0. The van der Waals surface area contributed by atoms with Gasteiger partial charge in [-0.3, -0.25) is 0 Å². The van der Waals surface area contributed by atoms with Crippen LogP contribution in [-0.2, 0) is 0 Å². The molecular weight excluding hydrogens is 194 g/mol. The molecule has 1 nitrogen and oxygen atoms in total. The Morgan fingerprint density at radius 2 is 1.81 bits per heavy atom. The topological polar surface area (TPSA) is 12.0 Å². The van der Waals surface area contributed by atoms with Crippen molar-refractivity contribution in [1.82, 2.24) is 5.32 Å². The van der Waals surface area contributed by atoms with E-state index >= 15 is 0 Å². The molecule has 1 heteroatoms. The van der Waals surface area contributed by atoms with Gasteiger partial charge in [0.2, 0.25) is 0 Å². The molecule has 1 aromatic carbocycles. The highest BCUT2D eigenvalue weighted by Gasteiger charge is 2.13. The fourth-order valence-corrected chi connectivity index (χ4v) is 2.55. The molecule has 1 aliphatic rings. The van der Waals surface area contributed by atoms with Gasteiger partial charge in [0.1, 0.15) is 0 Å². The lowest BCUT2D eigenvalue weighted by Gasteiger charge is -2.24. The number of benzene rings is 1. The zero-order chi connectivity index (χ0) is 11.2. The van der Waals surface area contributed by atoms with E-state index in [1.807, 2.05) is 0 Å². The fraction of sp³-hybridized carbons (Fsp3) is 0.600. The highest BCUT2D eigenvalue weighted by Crippen LogP contribution is 2.19. The molecule has 0 bridgehead atoms. The van der Waals surface area contributed by atoms with Crippen LogP contribution in [0.1, 0.15) is 50.5 Å². The van der Waals surface area contributed by atoms with Gasteiger partial charge in [-0.1, -0.05) is 56.5 Å². The summed E-state index contributed by atoms with van der Waals surface area (Å²) in [5.41, 5.74) is 1.45. The van der Waals surface area contributed by atoms with E-state index in [4.69, 9.17) is 0 Å². The molecule has 1 unspecified atom stereocenters. The maximum Gasteiger partial charge on any atom is 0.00673 e. The van der Waals surface area contributed by atoms with Crippen LogP contribution in [0.25, 0.3) is 0 Å². The van der Waals surface area contributed by atoms with Gasteiger partial charge in [0.15, 0.2) is 0 Å². The van der Waals surface area contributed by atoms with Crippen LogP contribution in [0.3, 0.4) is 0 Å². The first-order valence-electron chi connectivity index (χ1n) is 6.64. The van der Waals surface area contributed by atoms with Crippen molar-refractivity contribution < 1.29 is 0 Å². The van der Waals surface area contributed by atoms with Crippen LogP contribution in [-0.4, -0.2) is 12.6 Å². The predicted octanol–water partition coefficient (Wildman–Crippen LogP) is 3.71. The summed E-state index contributed by atoms with van der Waals surface area (Å²) in [6.07, 6.45) is 7.02. The lowest BCUT2D eigenvalue weighted by Crippen LogP contribution is -2.33. The van der Waals surface area contributed by atoms with Crippen molar-refractivity contribution >= 4 is 0 Å². The van der Waals surface area contributed by atoms with Gasteiger partial charge in [-0.25, -0.2) is 0 Å². The minimum atomic E-state index is 0.628. The van der Waals surface area contributed by atoms with Gasteiger partial charge in [0.25, 0.3) is 0 Å². The maximum absolute atomic E-state index is 3.72. The Bertz CT molecular complexity index is 288. The van der Waals surface area contributed by atoms with Crippen LogP contribution < -0.4 is 5.32 Å². The maximum atomic E-state index is 3.72. The zero-order valence-electron chi connectivity index (χ0n) is 10.3. The quantitative estimate of drug-likeness (QED) is 0.810. The third-order valence-corrected chi connectivity index (χ3v) is 3.69. The number of rotatable bonds is 4. The molecule has 1 aromatic rings. The third kappa shape index (κ3) is 3.34. The Morgan fingerprint density at radius 1 is 1.12 bits per heavy atom. The Hall–Kier alpha value is -0.820. The van der Waals surface area contributed by atoms with E-state index in [9.17, 15) is 0 Å². The highest BCUT2D eigenvalue weighted by molar-refractivity contribution is 5.18. The fourth-order valence-electron chi connectivity index (χ4n) is 2.55. The van der Waals surface area contributed by atoms with E-state index < -0.39 is 0 Å². The molecule has 1 aliphatic carbocycles. The first-order chi connectivity index (χ1) is 7.86. The molecule has 2 rings (SSSR count). The van der Waals surface area contributed by atoms with Gasteiger partial charge in [-0.15, -0.1) is 0 Å². The molecular formula is C15H23N. The molecule has 0 spiro atoms. The van der Waals surface area contributed by atoms with Crippen molar-refractivity contribution in [2.45, 2.75) is 51.0 Å².